The minimum absolute atomic E-state index is 0.0858. The molecule has 2 N–H and O–H groups in total. The topological polar surface area (TPSA) is 136 Å². The molecule has 0 aromatic heterocycles. The van der Waals surface area contributed by atoms with E-state index in [1.165, 1.54) is 20.8 Å². The van der Waals surface area contributed by atoms with Crippen molar-refractivity contribution in [3.8, 4) is 0 Å². The lowest BCUT2D eigenvalue weighted by atomic mass is 9.37. The van der Waals surface area contributed by atoms with Gasteiger partial charge in [0.15, 0.2) is 11.9 Å². The van der Waals surface area contributed by atoms with Gasteiger partial charge in [-0.15, -0.1) is 0 Å². The largest absolute Gasteiger partial charge is 0.462 e. The second-order valence-electron chi connectivity index (χ2n) is 11.7. The molecule has 35 heavy (non-hydrogen) atoms. The number of ketones is 1. The number of hydrogen-bond acceptors (Lipinski definition) is 9. The van der Waals surface area contributed by atoms with E-state index in [0.29, 0.717) is 12.0 Å². The molecular weight excluding hydrogens is 456 g/mol. The Kier molecular flexibility index (Phi) is 6.00. The van der Waals surface area contributed by atoms with Crippen LogP contribution in [0.4, 0.5) is 0 Å². The highest BCUT2D eigenvalue weighted by Crippen LogP contribution is 2.72. The van der Waals surface area contributed by atoms with E-state index in [1.54, 1.807) is 6.92 Å². The molecule has 194 valence electrons. The molecule has 9 nitrogen and oxygen atoms in total. The first-order valence-corrected chi connectivity index (χ1v) is 12.2. The molecule has 4 saturated carbocycles. The molecule has 0 radical (unpaired) electrons. The Balaban J connectivity index is 2.01. The number of carbonyl (C=O) groups excluding carboxylic acids is 4. The number of esters is 3. The van der Waals surface area contributed by atoms with Crippen LogP contribution in [0.2, 0.25) is 0 Å². The highest BCUT2D eigenvalue weighted by Gasteiger charge is 2.79. The van der Waals surface area contributed by atoms with Crippen LogP contribution in [-0.2, 0) is 33.4 Å². The fourth-order valence-corrected chi connectivity index (χ4v) is 8.45. The summed E-state index contributed by atoms with van der Waals surface area (Å²) in [6, 6.07) is 0. The number of allylic oxidation sites excluding steroid dienone is 1. The third-order valence-electron chi connectivity index (χ3n) is 9.42. The average molecular weight is 493 g/mol. The summed E-state index contributed by atoms with van der Waals surface area (Å²) in [5, 5.41) is 23.1. The van der Waals surface area contributed by atoms with Crippen LogP contribution < -0.4 is 0 Å². The summed E-state index contributed by atoms with van der Waals surface area (Å²) < 4.78 is 17.3. The summed E-state index contributed by atoms with van der Waals surface area (Å²) in [5.74, 6) is -3.95. The molecule has 9 heteroatoms. The van der Waals surface area contributed by atoms with Gasteiger partial charge in [-0.25, -0.2) is 0 Å². The van der Waals surface area contributed by atoms with E-state index in [9.17, 15) is 29.4 Å². The summed E-state index contributed by atoms with van der Waals surface area (Å²) in [6.07, 6.45) is -4.48. The molecule has 1 spiro atoms. The van der Waals surface area contributed by atoms with Gasteiger partial charge in [0.05, 0.1) is 17.6 Å². The van der Waals surface area contributed by atoms with Crippen LogP contribution in [0.1, 0.15) is 60.8 Å². The Hall–Kier alpha value is -2.26. The van der Waals surface area contributed by atoms with E-state index in [1.807, 2.05) is 13.8 Å². The Morgan fingerprint density at radius 3 is 2.03 bits per heavy atom. The van der Waals surface area contributed by atoms with Crippen molar-refractivity contribution < 1.29 is 43.6 Å². The Morgan fingerprint density at radius 1 is 0.914 bits per heavy atom. The van der Waals surface area contributed by atoms with Crippen LogP contribution in [0.3, 0.4) is 0 Å². The van der Waals surface area contributed by atoms with Gasteiger partial charge < -0.3 is 24.4 Å². The van der Waals surface area contributed by atoms with Crippen molar-refractivity contribution in [2.75, 3.05) is 0 Å². The average Bonchev–Trinajstić information content (AvgIpc) is 2.90. The second kappa shape index (κ2) is 8.13. The van der Waals surface area contributed by atoms with Crippen molar-refractivity contribution in [2.45, 2.75) is 91.3 Å². The predicted molar refractivity (Wildman–Crippen MR) is 121 cm³/mol. The number of Topliss-reactive ketones (excluding diaryl/α,β-unsaturated/α-hetero) is 1. The maximum Gasteiger partial charge on any atom is 0.303 e. The monoisotopic (exact) mass is 492 g/mol. The summed E-state index contributed by atoms with van der Waals surface area (Å²) >= 11 is 0. The zero-order valence-electron chi connectivity index (χ0n) is 21.2. The first-order chi connectivity index (χ1) is 16.1. The molecule has 2 bridgehead atoms. The van der Waals surface area contributed by atoms with Crippen molar-refractivity contribution in [1.82, 2.24) is 0 Å². The summed E-state index contributed by atoms with van der Waals surface area (Å²) in [6.45, 7) is 13.2. The standard InChI is InChI=1S/C26H36O9/c1-11-15-8-16(30)20-25(7)17(31)9-18(33-12(2)27)24(5,6)21(25)19(34-13(3)28)23(35-14(4)29)26(20,10-15)22(11)32/h15-21,23,30-31H,1,8-10H2,2-7H3/t15-,16+,17+,18+,19-,20+,21-,23+,25-,26+/m1/s1. The smallest absolute Gasteiger partial charge is 0.303 e. The summed E-state index contributed by atoms with van der Waals surface area (Å²) in [4.78, 5) is 50.6. The van der Waals surface area contributed by atoms with Crippen molar-refractivity contribution in [3.63, 3.8) is 0 Å². The van der Waals surface area contributed by atoms with Gasteiger partial charge in [0.1, 0.15) is 12.2 Å². The molecule has 0 aromatic carbocycles. The molecule has 4 aliphatic carbocycles. The minimum atomic E-state index is -1.40. The number of fused-ring (bicyclic) bond motifs is 3. The summed E-state index contributed by atoms with van der Waals surface area (Å²) in [5.41, 5.74) is -3.06. The van der Waals surface area contributed by atoms with Crippen molar-refractivity contribution in [1.29, 1.82) is 0 Å². The number of rotatable bonds is 3. The molecule has 0 aliphatic heterocycles. The second-order valence-corrected chi connectivity index (χ2v) is 11.7. The highest BCUT2D eigenvalue weighted by molar-refractivity contribution is 6.04. The Bertz CT molecular complexity index is 985. The van der Waals surface area contributed by atoms with E-state index >= 15 is 0 Å². The molecule has 0 aromatic rings. The van der Waals surface area contributed by atoms with Gasteiger partial charge in [0.25, 0.3) is 0 Å². The van der Waals surface area contributed by atoms with Gasteiger partial charge in [-0.2, -0.15) is 0 Å². The SMILES string of the molecule is C=C1C(=O)[C@]23C[C@H]1C[C@H](O)[C@H]2[C@]1(C)[C@H]([C@@H](OC(C)=O)[C@@H]3OC(C)=O)C(C)(C)[C@@H](OC(C)=O)C[C@@H]1O. The maximum atomic E-state index is 13.9. The normalized spacial score (nSPS) is 45.7. The fraction of sp³-hybridized carbons (Fsp3) is 0.769. The third-order valence-corrected chi connectivity index (χ3v) is 9.42. The van der Waals surface area contributed by atoms with Gasteiger partial charge >= 0.3 is 17.9 Å². The van der Waals surface area contributed by atoms with E-state index < -0.39 is 76.5 Å². The van der Waals surface area contributed by atoms with Crippen molar-refractivity contribution in [2.24, 2.45) is 34.0 Å². The van der Waals surface area contributed by atoms with E-state index in [2.05, 4.69) is 6.58 Å². The van der Waals surface area contributed by atoms with Gasteiger partial charge in [0.2, 0.25) is 0 Å². The first kappa shape index (κ1) is 25.8. The summed E-state index contributed by atoms with van der Waals surface area (Å²) in [7, 11) is 0. The lowest BCUT2D eigenvalue weighted by molar-refractivity contribution is -0.308. The quantitative estimate of drug-likeness (QED) is 0.343. The van der Waals surface area contributed by atoms with Crippen LogP contribution in [-0.4, -0.2) is 64.4 Å². The number of aliphatic hydroxyl groups excluding tert-OH is 2. The predicted octanol–water partition coefficient (Wildman–Crippen LogP) is 1.72. The molecule has 0 heterocycles. The zero-order chi connectivity index (χ0) is 26.2. The van der Waals surface area contributed by atoms with Gasteiger partial charge in [-0.1, -0.05) is 27.4 Å². The number of aliphatic hydroxyl groups is 2. The molecule has 4 fully saturated rings. The van der Waals surface area contributed by atoms with Crippen LogP contribution >= 0.6 is 0 Å². The van der Waals surface area contributed by atoms with Gasteiger partial charge in [0, 0.05) is 49.9 Å². The van der Waals surface area contributed by atoms with E-state index in [4.69, 9.17) is 14.2 Å². The van der Waals surface area contributed by atoms with Gasteiger partial charge in [-0.05, 0) is 24.3 Å². The van der Waals surface area contributed by atoms with Crippen molar-refractivity contribution in [3.05, 3.63) is 12.2 Å². The molecule has 4 rings (SSSR count). The number of carbonyl (C=O) groups is 4. The lowest BCUT2D eigenvalue weighted by Gasteiger charge is -2.69. The number of ether oxygens (including phenoxy) is 3. The van der Waals surface area contributed by atoms with E-state index in [-0.39, 0.29) is 24.5 Å². The third kappa shape index (κ3) is 3.41. The molecule has 0 amide bonds. The van der Waals surface area contributed by atoms with Crippen molar-refractivity contribution >= 4 is 23.7 Å². The van der Waals surface area contributed by atoms with Crippen LogP contribution in [0.25, 0.3) is 0 Å². The lowest BCUT2D eigenvalue weighted by Crippen LogP contribution is -2.77. The number of hydrogen-bond donors (Lipinski definition) is 2. The van der Waals surface area contributed by atoms with Gasteiger partial charge in [-0.3, -0.25) is 19.2 Å². The molecule has 0 saturated heterocycles. The molecule has 4 aliphatic rings. The van der Waals surface area contributed by atoms with Crippen LogP contribution in [0.15, 0.2) is 12.2 Å². The molecule has 0 unspecified atom stereocenters. The Labute approximate surface area is 205 Å². The van der Waals surface area contributed by atoms with Crippen LogP contribution in [0.5, 0.6) is 0 Å². The van der Waals surface area contributed by atoms with E-state index in [0.717, 1.165) is 0 Å². The maximum absolute atomic E-state index is 13.9. The molecule has 10 atom stereocenters. The van der Waals surface area contributed by atoms with Crippen LogP contribution in [0, 0.1) is 34.0 Å². The highest BCUT2D eigenvalue weighted by atomic mass is 16.6. The zero-order valence-corrected chi connectivity index (χ0v) is 21.2. The first-order valence-electron chi connectivity index (χ1n) is 12.2. The minimum Gasteiger partial charge on any atom is -0.462 e. The molecular formula is C26H36O9. The fourth-order valence-electron chi connectivity index (χ4n) is 8.45. The Morgan fingerprint density at radius 2 is 1.49 bits per heavy atom.